The lowest BCUT2D eigenvalue weighted by Gasteiger charge is -2.18. The molecule has 0 atom stereocenters. The number of carbonyl (C=O) groups excluding carboxylic acids is 2. The second-order valence-electron chi connectivity index (χ2n) is 6.12. The van der Waals surface area contributed by atoms with Gasteiger partial charge in [0.2, 0.25) is 0 Å². The van der Waals surface area contributed by atoms with Gasteiger partial charge in [0.15, 0.2) is 5.71 Å². The average molecular weight is 405 g/mol. The van der Waals surface area contributed by atoms with Crippen LogP contribution >= 0.6 is 23.2 Å². The monoisotopic (exact) mass is 404 g/mol. The van der Waals surface area contributed by atoms with Gasteiger partial charge >= 0.3 is 5.97 Å². The first-order valence-electron chi connectivity index (χ1n) is 8.65. The molecule has 0 spiro atoms. The van der Waals surface area contributed by atoms with Crippen molar-refractivity contribution < 1.29 is 14.4 Å². The van der Waals surface area contributed by atoms with Crippen molar-refractivity contribution in [3.8, 4) is 0 Å². The van der Waals surface area contributed by atoms with E-state index in [0.717, 1.165) is 6.42 Å². The van der Waals surface area contributed by atoms with Gasteiger partial charge in [0.1, 0.15) is 0 Å². The van der Waals surface area contributed by atoms with Gasteiger partial charge in [-0.05, 0) is 24.6 Å². The lowest BCUT2D eigenvalue weighted by molar-refractivity contribution is -0.143. The van der Waals surface area contributed by atoms with E-state index in [1.165, 1.54) is 4.90 Å². The van der Waals surface area contributed by atoms with E-state index in [-0.39, 0.29) is 24.6 Å². The highest BCUT2D eigenvalue weighted by molar-refractivity contribution is 6.54. The third kappa shape index (κ3) is 4.15. The fraction of sp³-hybridized carbons (Fsp3) is 0.250. The van der Waals surface area contributed by atoms with Crippen LogP contribution in [0.4, 0.5) is 5.69 Å². The number of fused-ring (bicyclic) bond motifs is 1. The summed E-state index contributed by atoms with van der Waals surface area (Å²) in [7, 11) is 0. The third-order valence-electron chi connectivity index (χ3n) is 4.25. The van der Waals surface area contributed by atoms with Crippen molar-refractivity contribution in [1.82, 2.24) is 0 Å². The van der Waals surface area contributed by atoms with Gasteiger partial charge in [-0.15, -0.1) is 0 Å². The normalized spacial score (nSPS) is 14.6. The van der Waals surface area contributed by atoms with Gasteiger partial charge in [-0.2, -0.15) is 0 Å². The van der Waals surface area contributed by atoms with E-state index in [1.54, 1.807) is 36.4 Å². The molecule has 3 rings (SSSR count). The lowest BCUT2D eigenvalue weighted by Crippen LogP contribution is -2.30. The molecule has 7 heteroatoms. The number of amides is 1. The maximum Gasteiger partial charge on any atom is 0.335 e. The molecule has 0 unspecified atom stereocenters. The van der Waals surface area contributed by atoms with Gasteiger partial charge in [0.05, 0.1) is 12.2 Å². The van der Waals surface area contributed by atoms with Gasteiger partial charge in [-0.25, -0.2) is 4.79 Å². The highest BCUT2D eigenvalue weighted by atomic mass is 35.5. The maximum atomic E-state index is 12.9. The number of rotatable bonds is 6. The van der Waals surface area contributed by atoms with Crippen molar-refractivity contribution >= 4 is 46.5 Å². The molecule has 1 amide bonds. The molecule has 0 aliphatic carbocycles. The van der Waals surface area contributed by atoms with Crippen LogP contribution in [-0.4, -0.2) is 17.6 Å². The molecule has 140 valence electrons. The Morgan fingerprint density at radius 3 is 2.52 bits per heavy atom. The fourth-order valence-corrected chi connectivity index (χ4v) is 3.33. The summed E-state index contributed by atoms with van der Waals surface area (Å²) in [5.41, 5.74) is 2.01. The molecule has 2 aromatic carbocycles. The Morgan fingerprint density at radius 2 is 1.81 bits per heavy atom. The zero-order valence-corrected chi connectivity index (χ0v) is 16.3. The Kier molecular flexibility index (Phi) is 6.14. The SMILES string of the molecule is CCCCC(=O)ON=C1C(=O)N(Cc2c(Cl)cccc2Cl)c2ccccc21. The second-order valence-corrected chi connectivity index (χ2v) is 6.93. The molecule has 1 heterocycles. The molecule has 0 aromatic heterocycles. The number of para-hydroxylation sites is 1. The Balaban J connectivity index is 1.89. The van der Waals surface area contributed by atoms with Crippen molar-refractivity contribution in [2.75, 3.05) is 4.90 Å². The van der Waals surface area contributed by atoms with E-state index in [2.05, 4.69) is 5.16 Å². The summed E-state index contributed by atoms with van der Waals surface area (Å²) in [5, 5.41) is 4.80. The first-order valence-corrected chi connectivity index (χ1v) is 9.40. The van der Waals surface area contributed by atoms with E-state index < -0.39 is 5.97 Å². The molecule has 1 aliphatic rings. The Bertz CT molecular complexity index is 892. The highest BCUT2D eigenvalue weighted by Gasteiger charge is 2.35. The molecule has 0 fully saturated rings. The van der Waals surface area contributed by atoms with Gasteiger partial charge in [-0.3, -0.25) is 4.79 Å². The number of anilines is 1. The summed E-state index contributed by atoms with van der Waals surface area (Å²) < 4.78 is 0. The molecule has 0 radical (unpaired) electrons. The number of oxime groups is 1. The average Bonchev–Trinajstić information content (AvgIpc) is 2.92. The molecule has 0 N–H and O–H groups in total. The number of nitrogens with zero attached hydrogens (tertiary/aromatic N) is 2. The van der Waals surface area contributed by atoms with Crippen LogP contribution < -0.4 is 4.90 Å². The molecule has 1 aliphatic heterocycles. The van der Waals surface area contributed by atoms with E-state index in [0.29, 0.717) is 33.3 Å². The zero-order chi connectivity index (χ0) is 19.4. The van der Waals surface area contributed by atoms with E-state index in [4.69, 9.17) is 28.0 Å². The summed E-state index contributed by atoms with van der Waals surface area (Å²) in [5.74, 6) is -0.822. The molecule has 0 saturated carbocycles. The van der Waals surface area contributed by atoms with Gasteiger partial charge < -0.3 is 9.74 Å². The fourth-order valence-electron chi connectivity index (χ4n) is 2.81. The summed E-state index contributed by atoms with van der Waals surface area (Å²) in [6.07, 6.45) is 1.85. The predicted molar refractivity (Wildman–Crippen MR) is 106 cm³/mol. The Labute approximate surface area is 167 Å². The molecule has 0 saturated heterocycles. The zero-order valence-electron chi connectivity index (χ0n) is 14.7. The molecule has 2 aromatic rings. The van der Waals surface area contributed by atoms with Crippen molar-refractivity contribution in [2.45, 2.75) is 32.7 Å². The van der Waals surface area contributed by atoms with E-state index >= 15 is 0 Å². The molecular weight excluding hydrogens is 387 g/mol. The standard InChI is InChI=1S/C20H18Cl2N2O3/c1-2-3-11-18(25)27-23-19-13-7-4-5-10-17(13)24(20(19)26)12-14-15(21)8-6-9-16(14)22/h4-10H,2-3,11-12H2,1H3. The quantitative estimate of drug-likeness (QED) is 0.503. The van der Waals surface area contributed by atoms with Crippen LogP contribution in [-0.2, 0) is 21.0 Å². The largest absolute Gasteiger partial charge is 0.335 e. The molecule has 0 bridgehead atoms. The third-order valence-corrected chi connectivity index (χ3v) is 4.96. The van der Waals surface area contributed by atoms with Crippen LogP contribution in [0, 0.1) is 0 Å². The van der Waals surface area contributed by atoms with Crippen molar-refractivity contribution in [3.05, 3.63) is 63.6 Å². The summed E-state index contributed by atoms with van der Waals surface area (Å²) in [6.45, 7) is 2.17. The minimum absolute atomic E-state index is 0.0959. The van der Waals surface area contributed by atoms with Crippen molar-refractivity contribution in [2.24, 2.45) is 5.16 Å². The van der Waals surface area contributed by atoms with Crippen molar-refractivity contribution in [1.29, 1.82) is 0 Å². The van der Waals surface area contributed by atoms with Crippen LogP contribution in [0.25, 0.3) is 0 Å². The van der Waals surface area contributed by atoms with Crippen LogP contribution in [0.3, 0.4) is 0 Å². The van der Waals surface area contributed by atoms with Crippen LogP contribution in [0.15, 0.2) is 47.6 Å². The number of hydrogen-bond donors (Lipinski definition) is 0. The summed E-state index contributed by atoms with van der Waals surface area (Å²) >= 11 is 12.5. The van der Waals surface area contributed by atoms with E-state index in [1.807, 2.05) is 13.0 Å². The minimum Gasteiger partial charge on any atom is -0.317 e. The van der Waals surface area contributed by atoms with Crippen molar-refractivity contribution in [3.63, 3.8) is 0 Å². The minimum atomic E-state index is -0.456. The highest BCUT2D eigenvalue weighted by Crippen LogP contribution is 2.34. The van der Waals surface area contributed by atoms with Crippen LogP contribution in [0.5, 0.6) is 0 Å². The number of benzene rings is 2. The van der Waals surface area contributed by atoms with Gasteiger partial charge in [-0.1, -0.05) is 66.0 Å². The number of halogens is 2. The van der Waals surface area contributed by atoms with Crippen LogP contribution in [0.1, 0.15) is 37.3 Å². The maximum absolute atomic E-state index is 12.9. The predicted octanol–water partition coefficient (Wildman–Crippen LogP) is 4.98. The Morgan fingerprint density at radius 1 is 1.11 bits per heavy atom. The van der Waals surface area contributed by atoms with Crippen LogP contribution in [0.2, 0.25) is 10.0 Å². The first-order chi connectivity index (χ1) is 13.0. The topological polar surface area (TPSA) is 59.0 Å². The smallest absolute Gasteiger partial charge is 0.317 e. The second kappa shape index (κ2) is 8.55. The number of unbranched alkanes of at least 4 members (excludes halogenated alkanes) is 1. The Hall–Kier alpha value is -2.37. The number of hydrogen-bond acceptors (Lipinski definition) is 4. The molecule has 5 nitrogen and oxygen atoms in total. The molecule has 27 heavy (non-hydrogen) atoms. The van der Waals surface area contributed by atoms with Gasteiger partial charge in [0, 0.05) is 27.6 Å². The van der Waals surface area contributed by atoms with E-state index in [9.17, 15) is 9.59 Å². The lowest BCUT2D eigenvalue weighted by atomic mass is 10.1. The summed E-state index contributed by atoms with van der Waals surface area (Å²) in [6, 6.07) is 12.4. The molecular formula is C20H18Cl2N2O3. The number of carbonyl (C=O) groups is 2. The summed E-state index contributed by atoms with van der Waals surface area (Å²) in [4.78, 5) is 31.2. The first kappa shape index (κ1) is 19.4. The van der Waals surface area contributed by atoms with Gasteiger partial charge in [0.25, 0.3) is 5.91 Å².